The first-order valence-electron chi connectivity index (χ1n) is 50.5. The summed E-state index contributed by atoms with van der Waals surface area (Å²) in [7, 11) is -4.96. The Hall–Kier alpha value is -16.9. The van der Waals surface area contributed by atoms with Gasteiger partial charge in [0.1, 0.15) is 38.7 Å². The van der Waals surface area contributed by atoms with Gasteiger partial charge in [0.15, 0.2) is 17.2 Å². The summed E-state index contributed by atoms with van der Waals surface area (Å²) in [5.74, 6) is 6.74. The second kappa shape index (κ2) is 39.7. The van der Waals surface area contributed by atoms with Crippen molar-refractivity contribution in [3.8, 4) is 17.2 Å². The number of benzene rings is 16. The number of para-hydroxylation sites is 11. The highest BCUT2D eigenvalue weighted by molar-refractivity contribution is 8.00. The average molecular weight is 2030 g/mol. The van der Waals surface area contributed by atoms with E-state index in [9.17, 15) is 12.6 Å². The molecule has 0 N–H and O–H groups in total. The van der Waals surface area contributed by atoms with Crippen molar-refractivity contribution in [2.45, 2.75) is 152 Å². The van der Waals surface area contributed by atoms with E-state index in [0.29, 0.717) is 39.9 Å². The van der Waals surface area contributed by atoms with Crippen LogP contribution in [0.25, 0.3) is 43.9 Å². The molecule has 20 heteroatoms. The van der Waals surface area contributed by atoms with E-state index in [4.69, 9.17) is 36.0 Å². The minimum absolute atomic E-state index is 0.233. The summed E-state index contributed by atoms with van der Waals surface area (Å²) in [6, 6.07) is 118. The van der Waals surface area contributed by atoms with Crippen LogP contribution in [0.15, 0.2) is 420 Å². The van der Waals surface area contributed by atoms with Crippen molar-refractivity contribution in [1.82, 2.24) is 0 Å². The van der Waals surface area contributed by atoms with Gasteiger partial charge in [-0.15, -0.1) is 0 Å². The fourth-order valence-corrected chi connectivity index (χ4v) is 26.1. The van der Waals surface area contributed by atoms with Gasteiger partial charge in [-0.3, -0.25) is 29.4 Å². The minimum atomic E-state index is -3.68. The molecule has 744 valence electrons. The lowest BCUT2D eigenvalue weighted by Crippen LogP contribution is -2.21. The van der Waals surface area contributed by atoms with Gasteiger partial charge < -0.3 is 36.0 Å². The van der Waals surface area contributed by atoms with E-state index < -0.39 is 20.6 Å². The molecule has 0 fully saturated rings. The zero-order valence-electron chi connectivity index (χ0n) is 85.9. The van der Waals surface area contributed by atoms with Crippen LogP contribution in [0.4, 0.5) is 104 Å². The number of furan rings is 6. The Morgan fingerprint density at radius 2 is 0.700 bits per heavy atom. The van der Waals surface area contributed by atoms with Crippen LogP contribution in [0.1, 0.15) is 101 Å². The van der Waals surface area contributed by atoms with E-state index in [2.05, 4.69) is 284 Å². The van der Waals surface area contributed by atoms with Crippen LogP contribution in [-0.2, 0) is 40.1 Å². The topological polar surface area (TPSA) is 168 Å². The lowest BCUT2D eigenvalue weighted by molar-refractivity contribution is 0.308. The van der Waals surface area contributed by atoms with E-state index in [1.54, 1.807) is 42.3 Å². The first-order valence-corrected chi connectivity index (χ1v) is 54.0. The molecule has 6 aliphatic rings. The molecule has 0 bridgehead atoms. The van der Waals surface area contributed by atoms with Gasteiger partial charge in [0.25, 0.3) is 0 Å². The highest BCUT2D eigenvalue weighted by Gasteiger charge is 2.43. The molecule has 0 aliphatic carbocycles. The molecule has 6 aliphatic heterocycles. The lowest BCUT2D eigenvalue weighted by atomic mass is 9.97. The number of anilines is 18. The van der Waals surface area contributed by atoms with Gasteiger partial charge in [-0.1, -0.05) is 251 Å². The highest BCUT2D eigenvalue weighted by Crippen LogP contribution is 2.60. The molecular weight excluding hydrogens is 1920 g/mol. The predicted octanol–water partition coefficient (Wildman–Crippen LogP) is 37.0. The molecule has 1 unspecified atom stereocenters. The number of fused-ring (bicyclic) bond motifs is 20. The molecule has 0 amide bonds. The second-order valence-electron chi connectivity index (χ2n) is 39.2. The monoisotopic (exact) mass is 2030 g/mol. The zero-order valence-corrected chi connectivity index (χ0v) is 88.3. The van der Waals surface area contributed by atoms with Crippen LogP contribution in [-0.4, -0.2) is 12.6 Å². The van der Waals surface area contributed by atoms with Crippen LogP contribution in [0.5, 0.6) is 17.2 Å². The number of ether oxygens (including phenoxy) is 2. The number of hydrogen-bond acceptors (Lipinski definition) is 18. The van der Waals surface area contributed by atoms with Crippen LogP contribution >= 0.6 is 11.8 Å². The van der Waals surface area contributed by atoms with Crippen molar-refractivity contribution in [2.24, 2.45) is 0 Å². The van der Waals surface area contributed by atoms with Gasteiger partial charge in [-0.05, 0) is 306 Å². The Balaban J connectivity index is 0.0000000987. The quantitative estimate of drug-likeness (QED) is 0.154. The molecule has 22 aromatic rings. The third-order valence-corrected chi connectivity index (χ3v) is 32.8. The van der Waals surface area contributed by atoms with Crippen LogP contribution in [0, 0.1) is 96.9 Å². The van der Waals surface area contributed by atoms with Crippen molar-refractivity contribution in [3.05, 3.63) is 459 Å². The van der Waals surface area contributed by atoms with E-state index in [1.165, 1.54) is 110 Å². The van der Waals surface area contributed by atoms with Crippen LogP contribution in [0.3, 0.4) is 0 Å². The molecule has 1 atom stereocenters. The third-order valence-electron chi connectivity index (χ3n) is 28.3. The van der Waals surface area contributed by atoms with Gasteiger partial charge in [-0.2, -0.15) is 0 Å². The molecule has 12 heterocycles. The molecular formula is C130H110N6O11S3. The van der Waals surface area contributed by atoms with Crippen LogP contribution < -0.4 is 38.9 Å². The maximum absolute atomic E-state index is 13.4. The van der Waals surface area contributed by atoms with Gasteiger partial charge in [0, 0.05) is 38.2 Å². The Morgan fingerprint density at radius 3 is 1.30 bits per heavy atom. The summed E-state index contributed by atoms with van der Waals surface area (Å²) in [5.41, 5.74) is 36.6. The molecule has 28 rings (SSSR count). The normalized spacial score (nSPS) is 13.9. The van der Waals surface area contributed by atoms with Crippen molar-refractivity contribution < 1.29 is 48.6 Å². The van der Waals surface area contributed by atoms with Gasteiger partial charge in [-0.25, -0.2) is 12.6 Å². The Labute approximate surface area is 879 Å². The first kappa shape index (κ1) is 96.5. The van der Waals surface area contributed by atoms with Crippen molar-refractivity contribution >= 4 is 180 Å². The average Bonchev–Trinajstić information content (AvgIpc) is 1.54. The van der Waals surface area contributed by atoms with Crippen molar-refractivity contribution in [1.29, 1.82) is 0 Å². The van der Waals surface area contributed by atoms with Gasteiger partial charge in [0.05, 0.1) is 112 Å². The number of rotatable bonds is 6. The van der Waals surface area contributed by atoms with E-state index in [1.807, 2.05) is 177 Å². The van der Waals surface area contributed by atoms with E-state index in [-0.39, 0.29) is 4.90 Å². The molecule has 0 radical (unpaired) electrons. The number of aryl methyl sites for hydroxylation is 16. The first-order chi connectivity index (χ1) is 72.9. The van der Waals surface area contributed by atoms with Crippen molar-refractivity contribution in [3.63, 3.8) is 0 Å². The molecule has 0 spiro atoms. The second-order valence-corrected chi connectivity index (χ2v) is 43.5. The molecule has 150 heavy (non-hydrogen) atoms. The molecule has 0 saturated carbocycles. The summed E-state index contributed by atoms with van der Waals surface area (Å²) in [4.78, 5) is 17.5. The summed E-state index contributed by atoms with van der Waals surface area (Å²) >= 11 is 1.79. The smallest absolute Gasteiger partial charge is 0.249 e. The van der Waals surface area contributed by atoms with Crippen molar-refractivity contribution in [2.75, 3.05) is 29.4 Å². The maximum Gasteiger partial charge on any atom is 0.249 e. The number of hydrogen-bond donors (Lipinski definition) is 0. The number of nitrogens with zero attached hydrogens (tertiary/aromatic N) is 6. The molecule has 17 nitrogen and oxygen atoms in total. The summed E-state index contributed by atoms with van der Waals surface area (Å²) in [6.07, 6.45) is 6.82. The maximum atomic E-state index is 13.4. The van der Waals surface area contributed by atoms with Gasteiger partial charge in [0.2, 0.25) is 45.1 Å². The Bertz CT molecular complexity index is 8990. The Morgan fingerprint density at radius 1 is 0.293 bits per heavy atom. The lowest BCUT2D eigenvalue weighted by Gasteiger charge is -2.30. The standard InChI is InChI=1S/C22H17NO3S.C22H17NO2S.C22H17NO2.C22H17NOS.C22H23NO.C20H19NO2/c1-14-11-12-17(15(2)13-14)23-18-8-4-6-10-20(18)27(24,25)21-16-7-3-5-9-19(16)26-22(21)23;1-14-11-12-17(15(2)13-14)23-18-8-4-6-10-20(18)26(24)21-16-7-3-5-9-19(16)25-22(21)23;1-14-11-12-17(15(2)13-14)23-18-8-4-6-10-20(18)24-21-16-7-3-5-9-19(16)25-22(21)23;1-14-11-12-17(15(2)13-14)23-18-8-4-6-10-20(18)25-21-16-7-3-5-9-19(16)24-22(21)23;1-15-13-16(2)21(17(3)14-15)23-20-10-5-4-7-18(20)8-6-9-19-11-12-24-22(19)23;1-13-10-14(2)19(15(3)11-13)21-17-7-5-4-6-16(17)12-23-18-8-9-22-20(18)21/h3-13H,1-2H3;3-13H,1-2H3;2*3-13H,1-2H3;4-5,7,10-14H,6,8-9H2,1-3H3;4-11H,12H2,1-3H3. The summed E-state index contributed by atoms with van der Waals surface area (Å²) < 4.78 is 88.8. The summed E-state index contributed by atoms with van der Waals surface area (Å²) in [6.45, 7) is 30.3. The fourth-order valence-electron chi connectivity index (χ4n) is 21.8. The fraction of sp³-hybridized carbons (Fsp3) is 0.138. The minimum Gasteiger partial charge on any atom is -0.483 e. The third kappa shape index (κ3) is 17.5. The highest BCUT2D eigenvalue weighted by atomic mass is 32.2. The molecule has 6 aromatic heterocycles. The van der Waals surface area contributed by atoms with E-state index in [0.717, 1.165) is 159 Å². The summed E-state index contributed by atoms with van der Waals surface area (Å²) in [5, 5.41) is 3.68. The number of sulfone groups is 1. The molecule has 16 aromatic carbocycles. The zero-order chi connectivity index (χ0) is 103. The SMILES string of the molecule is Cc1cc(C)c(N2c3ccccc3CCCc3ccoc32)c(C)c1.Cc1cc(C)c(N2c3ccccc3COc3ccoc32)c(C)c1.Cc1ccc(N2c3ccccc3Oc3c2oc2ccccc32)c(C)c1.Cc1ccc(N2c3ccccc3S(=O)(=O)c3c2oc2ccccc32)c(C)c1.Cc1ccc(N2c3ccccc3S(=O)c3c2oc2ccccc32)c(C)c1.Cc1ccc(N2c3ccccc3Sc3c2oc2ccccc32)c(C)c1. The van der Waals surface area contributed by atoms with E-state index >= 15 is 0 Å². The van der Waals surface area contributed by atoms with Crippen LogP contribution in [0.2, 0.25) is 0 Å². The predicted molar refractivity (Wildman–Crippen MR) is 607 cm³/mol. The van der Waals surface area contributed by atoms with Gasteiger partial charge >= 0.3 is 0 Å². The molecule has 0 saturated heterocycles. The largest absolute Gasteiger partial charge is 0.483 e. The Kier molecular flexibility index (Phi) is 25.6.